The van der Waals surface area contributed by atoms with Gasteiger partial charge in [-0.2, -0.15) is 0 Å². The van der Waals surface area contributed by atoms with Gasteiger partial charge in [-0.3, -0.25) is 4.79 Å². The summed E-state index contributed by atoms with van der Waals surface area (Å²) in [7, 11) is 2.13. The second-order valence-corrected chi connectivity index (χ2v) is 8.34. The lowest BCUT2D eigenvalue weighted by molar-refractivity contribution is -0.118. The first-order chi connectivity index (χ1) is 15.0. The third-order valence-corrected chi connectivity index (χ3v) is 5.64. The van der Waals surface area contributed by atoms with Crippen molar-refractivity contribution in [3.05, 3.63) is 52.6 Å². The van der Waals surface area contributed by atoms with E-state index in [9.17, 15) is 4.79 Å². The molecular formula is C22H23Cl2N5O2. The second kappa shape index (κ2) is 9.68. The molecule has 2 aromatic carbocycles. The number of ether oxygens (including phenoxy) is 1. The fourth-order valence-corrected chi connectivity index (χ4v) is 3.90. The summed E-state index contributed by atoms with van der Waals surface area (Å²) in [5, 5.41) is 4.54. The van der Waals surface area contributed by atoms with E-state index in [1.807, 2.05) is 18.2 Å². The van der Waals surface area contributed by atoms with Gasteiger partial charge in [-0.15, -0.1) is 0 Å². The van der Waals surface area contributed by atoms with Crippen molar-refractivity contribution in [2.45, 2.75) is 6.42 Å². The van der Waals surface area contributed by atoms with Crippen LogP contribution in [0.25, 0.3) is 10.9 Å². The van der Waals surface area contributed by atoms with E-state index in [0.29, 0.717) is 21.5 Å². The number of hydrogen-bond donors (Lipinski definition) is 1. The monoisotopic (exact) mass is 459 g/mol. The molecule has 0 unspecified atom stereocenters. The van der Waals surface area contributed by atoms with E-state index in [-0.39, 0.29) is 12.5 Å². The van der Waals surface area contributed by atoms with Gasteiger partial charge in [-0.1, -0.05) is 23.2 Å². The first-order valence-electron chi connectivity index (χ1n) is 10.1. The fraction of sp³-hybridized carbons (Fsp3) is 0.318. The maximum Gasteiger partial charge on any atom is 0.262 e. The van der Waals surface area contributed by atoms with Gasteiger partial charge in [0.2, 0.25) is 5.95 Å². The first kappa shape index (κ1) is 21.6. The molecule has 0 radical (unpaired) electrons. The van der Waals surface area contributed by atoms with Crippen molar-refractivity contribution < 1.29 is 9.53 Å². The number of likely N-dealkylation sites (N-methyl/N-ethyl adjacent to an activating group) is 1. The molecule has 9 heteroatoms. The number of nitrogens with zero attached hydrogens (tertiary/aromatic N) is 4. The highest BCUT2D eigenvalue weighted by Crippen LogP contribution is 2.27. The predicted octanol–water partition coefficient (Wildman–Crippen LogP) is 4.10. The minimum atomic E-state index is -0.295. The lowest BCUT2D eigenvalue weighted by Crippen LogP contribution is -2.30. The molecule has 1 fully saturated rings. The molecule has 0 saturated carbocycles. The Kier molecular flexibility index (Phi) is 6.75. The number of halogens is 2. The zero-order valence-corrected chi connectivity index (χ0v) is 18.7. The minimum absolute atomic E-state index is 0.168. The molecule has 1 aliphatic heterocycles. The first-order valence-corrected chi connectivity index (χ1v) is 10.8. The molecule has 3 aromatic rings. The molecule has 2 heterocycles. The van der Waals surface area contributed by atoms with E-state index >= 15 is 0 Å². The number of rotatable bonds is 5. The van der Waals surface area contributed by atoms with Gasteiger partial charge in [0.05, 0.1) is 10.5 Å². The number of hydrogen-bond acceptors (Lipinski definition) is 6. The SMILES string of the molecule is CN1CCCN(c2ncc3cc(NC(=O)COc4ccc(Cl)cc4Cl)ccc3n2)CC1. The van der Waals surface area contributed by atoms with E-state index in [1.165, 1.54) is 0 Å². The summed E-state index contributed by atoms with van der Waals surface area (Å²) in [6.45, 7) is 3.77. The average Bonchev–Trinajstić information content (AvgIpc) is 2.97. The van der Waals surface area contributed by atoms with Crippen molar-refractivity contribution in [3.63, 3.8) is 0 Å². The summed E-state index contributed by atoms with van der Waals surface area (Å²) in [6.07, 6.45) is 2.89. The van der Waals surface area contributed by atoms with Crippen molar-refractivity contribution in [3.8, 4) is 5.75 Å². The van der Waals surface area contributed by atoms with Gasteiger partial charge in [0, 0.05) is 41.9 Å². The fourth-order valence-electron chi connectivity index (χ4n) is 3.43. The van der Waals surface area contributed by atoms with Crippen LogP contribution >= 0.6 is 23.2 Å². The van der Waals surface area contributed by atoms with E-state index in [1.54, 1.807) is 24.4 Å². The van der Waals surface area contributed by atoms with Gasteiger partial charge in [-0.25, -0.2) is 9.97 Å². The number of nitrogens with one attached hydrogen (secondary N) is 1. The molecule has 1 N–H and O–H groups in total. The van der Waals surface area contributed by atoms with Crippen LogP contribution in [0.1, 0.15) is 6.42 Å². The number of anilines is 2. The van der Waals surface area contributed by atoms with Crippen molar-refractivity contribution in [1.82, 2.24) is 14.9 Å². The summed E-state index contributed by atoms with van der Waals surface area (Å²) in [5.74, 6) is 0.852. The number of carbonyl (C=O) groups is 1. The van der Waals surface area contributed by atoms with Crippen LogP contribution in [-0.2, 0) is 4.79 Å². The Morgan fingerprint density at radius 3 is 2.84 bits per heavy atom. The van der Waals surface area contributed by atoms with Crippen LogP contribution in [0.15, 0.2) is 42.6 Å². The van der Waals surface area contributed by atoms with Crippen LogP contribution in [0.4, 0.5) is 11.6 Å². The summed E-state index contributed by atoms with van der Waals surface area (Å²) >= 11 is 11.9. The minimum Gasteiger partial charge on any atom is -0.482 e. The quantitative estimate of drug-likeness (QED) is 0.619. The molecule has 31 heavy (non-hydrogen) atoms. The largest absolute Gasteiger partial charge is 0.482 e. The van der Waals surface area contributed by atoms with Crippen molar-refractivity contribution in [1.29, 1.82) is 0 Å². The Balaban J connectivity index is 1.40. The van der Waals surface area contributed by atoms with Gasteiger partial charge < -0.3 is 19.9 Å². The van der Waals surface area contributed by atoms with Crippen LogP contribution in [0.5, 0.6) is 5.75 Å². The van der Waals surface area contributed by atoms with Gasteiger partial charge in [-0.05, 0) is 56.4 Å². The van der Waals surface area contributed by atoms with Gasteiger partial charge in [0.25, 0.3) is 5.91 Å². The van der Waals surface area contributed by atoms with Crippen LogP contribution in [0.3, 0.4) is 0 Å². The van der Waals surface area contributed by atoms with Gasteiger partial charge in [0.1, 0.15) is 5.75 Å². The summed E-state index contributed by atoms with van der Waals surface area (Å²) in [6, 6.07) is 10.4. The summed E-state index contributed by atoms with van der Waals surface area (Å²) < 4.78 is 5.48. The Labute approximate surface area is 190 Å². The second-order valence-electron chi connectivity index (χ2n) is 7.50. The van der Waals surface area contributed by atoms with Crippen LogP contribution in [0.2, 0.25) is 10.0 Å². The highest BCUT2D eigenvalue weighted by atomic mass is 35.5. The molecule has 1 amide bonds. The Morgan fingerprint density at radius 1 is 1.13 bits per heavy atom. The molecule has 0 aliphatic carbocycles. The summed E-state index contributed by atoms with van der Waals surface area (Å²) in [4.78, 5) is 26.1. The molecule has 0 atom stereocenters. The predicted molar refractivity (Wildman–Crippen MR) is 124 cm³/mol. The smallest absolute Gasteiger partial charge is 0.262 e. The number of fused-ring (bicyclic) bond motifs is 1. The summed E-state index contributed by atoms with van der Waals surface area (Å²) in [5.41, 5.74) is 1.49. The normalized spacial score (nSPS) is 15.0. The molecule has 4 rings (SSSR count). The highest BCUT2D eigenvalue weighted by molar-refractivity contribution is 6.35. The molecular weight excluding hydrogens is 437 g/mol. The average molecular weight is 460 g/mol. The number of amides is 1. The van der Waals surface area contributed by atoms with Crippen LogP contribution in [0, 0.1) is 0 Å². The zero-order valence-electron chi connectivity index (χ0n) is 17.1. The molecule has 1 saturated heterocycles. The Bertz CT molecular complexity index is 1090. The van der Waals surface area contributed by atoms with Gasteiger partial charge >= 0.3 is 0 Å². The maximum absolute atomic E-state index is 12.3. The van der Waals surface area contributed by atoms with E-state index < -0.39 is 0 Å². The molecule has 0 bridgehead atoms. The third-order valence-electron chi connectivity index (χ3n) is 5.11. The van der Waals surface area contributed by atoms with Crippen molar-refractivity contribution in [2.75, 3.05) is 50.1 Å². The number of benzene rings is 2. The Morgan fingerprint density at radius 2 is 2.00 bits per heavy atom. The van der Waals surface area contributed by atoms with E-state index in [0.717, 1.165) is 49.5 Å². The number of carbonyl (C=O) groups excluding carboxylic acids is 1. The Hall–Kier alpha value is -2.61. The standard InChI is InChI=1S/C22H23Cl2N5O2/c1-28-7-2-8-29(10-9-28)22-25-13-15-11-17(4-5-19(15)27-22)26-21(30)14-31-20-6-3-16(23)12-18(20)24/h3-6,11-13H,2,7-10,14H2,1H3,(H,26,30). The molecule has 0 spiro atoms. The van der Waals surface area contributed by atoms with Crippen molar-refractivity contribution in [2.24, 2.45) is 0 Å². The molecule has 1 aromatic heterocycles. The lowest BCUT2D eigenvalue weighted by atomic mass is 10.2. The number of aromatic nitrogens is 2. The maximum atomic E-state index is 12.3. The molecule has 1 aliphatic rings. The van der Waals surface area contributed by atoms with E-state index in [4.69, 9.17) is 32.9 Å². The van der Waals surface area contributed by atoms with Crippen LogP contribution < -0.4 is 15.0 Å². The van der Waals surface area contributed by atoms with Crippen LogP contribution in [-0.4, -0.2) is 60.6 Å². The van der Waals surface area contributed by atoms with Gasteiger partial charge in [0.15, 0.2) is 6.61 Å². The third kappa shape index (κ3) is 5.55. The zero-order chi connectivity index (χ0) is 21.8. The topological polar surface area (TPSA) is 70.6 Å². The van der Waals surface area contributed by atoms with E-state index in [2.05, 4.69) is 27.1 Å². The molecule has 7 nitrogen and oxygen atoms in total. The van der Waals surface area contributed by atoms with Crippen molar-refractivity contribution >= 4 is 51.6 Å². The molecule has 162 valence electrons. The highest BCUT2D eigenvalue weighted by Gasteiger charge is 2.15. The lowest BCUT2D eigenvalue weighted by Gasteiger charge is -2.20.